The number of halogens is 3. The molecular formula is C110H166Br3NO18. The zero-order chi connectivity index (χ0) is 98.1. The van der Waals surface area contributed by atoms with E-state index in [-0.39, 0.29) is 129 Å². The van der Waals surface area contributed by atoms with E-state index in [2.05, 4.69) is 200 Å². The number of allylic oxidation sites excluding steroid dienone is 3. The number of ether oxygens (including phenoxy) is 5. The molecule has 0 amide bonds. The number of fused-ring (bicyclic) bond motifs is 10. The average molecular weight is 2030 g/mol. The monoisotopic (exact) mass is 2030 g/mol. The first-order valence-corrected chi connectivity index (χ1v) is 52.6. The van der Waals surface area contributed by atoms with Gasteiger partial charge < -0.3 is 69.4 Å². The molecule has 9 aliphatic rings. The molecule has 0 spiro atoms. The Morgan fingerprint density at radius 3 is 1.05 bits per heavy atom. The normalized spacial score (nSPS) is 22.2. The molecule has 132 heavy (non-hydrogen) atoms. The Balaban J connectivity index is 0.000000208. The van der Waals surface area contributed by atoms with Crippen molar-refractivity contribution >= 4 is 59.7 Å². The quantitative estimate of drug-likeness (QED) is 0.00524. The molecule has 13 rings (SSSR count). The lowest BCUT2D eigenvalue weighted by molar-refractivity contribution is -0.757. The third-order valence-corrected chi connectivity index (χ3v) is 31.8. The van der Waals surface area contributed by atoms with Crippen molar-refractivity contribution in [1.82, 2.24) is 0 Å². The van der Waals surface area contributed by atoms with Gasteiger partial charge in [0.25, 0.3) is 5.09 Å². The lowest BCUT2D eigenvalue weighted by Crippen LogP contribution is -2.54. The first kappa shape index (κ1) is 111. The summed E-state index contributed by atoms with van der Waals surface area (Å²) in [5, 5.41) is 94.5. The van der Waals surface area contributed by atoms with Crippen LogP contribution in [-0.2, 0) is 45.6 Å². The number of esters is 2. The second-order valence-electron chi connectivity index (χ2n) is 45.9. The van der Waals surface area contributed by atoms with Gasteiger partial charge in [-0.1, -0.05) is 218 Å². The Morgan fingerprint density at radius 1 is 0.432 bits per heavy atom. The number of carbonyl (C=O) groups excluding carboxylic acids is 2. The first-order chi connectivity index (χ1) is 61.6. The number of hydrogen-bond acceptors (Lipinski definition) is 18. The Hall–Kier alpha value is -6.30. The predicted octanol–water partition coefficient (Wildman–Crippen LogP) is 27.5. The minimum absolute atomic E-state index is 0.00596. The lowest BCUT2D eigenvalue weighted by Gasteiger charge is -2.58. The third kappa shape index (κ3) is 29.6. The van der Waals surface area contributed by atoms with Crippen molar-refractivity contribution in [2.45, 2.75) is 388 Å². The number of rotatable bonds is 36. The molecule has 0 radical (unpaired) electrons. The van der Waals surface area contributed by atoms with Crippen LogP contribution in [0.4, 0.5) is 0 Å². The van der Waals surface area contributed by atoms with Crippen LogP contribution >= 0.6 is 47.8 Å². The highest BCUT2D eigenvalue weighted by Crippen LogP contribution is 2.62. The number of nitrogens with zero attached hydrogens (tertiary/aromatic N) is 1. The van der Waals surface area contributed by atoms with Gasteiger partial charge >= 0.3 is 11.9 Å². The van der Waals surface area contributed by atoms with Crippen LogP contribution in [-0.4, -0.2) is 130 Å². The van der Waals surface area contributed by atoms with Gasteiger partial charge in [0.05, 0.1) is 36.8 Å². The zero-order valence-electron chi connectivity index (χ0n) is 84.2. The van der Waals surface area contributed by atoms with Gasteiger partial charge in [-0.3, -0.25) is 9.59 Å². The summed E-state index contributed by atoms with van der Waals surface area (Å²) in [6, 6.07) is 17.1. The van der Waals surface area contributed by atoms with E-state index in [4.69, 9.17) is 23.7 Å². The van der Waals surface area contributed by atoms with Crippen LogP contribution < -0.4 is 14.2 Å². The summed E-state index contributed by atoms with van der Waals surface area (Å²) in [7, 11) is 0. The molecule has 1 fully saturated rings. The standard InChI is InChI=1S/C30H45BrO4.C25H37BrO3.C25H37NO6.C15H23BrO2.C15H24O3/c1-28(2,3)27(33)34-19-20-12-13-23-22(16-20)26-24(32)17-21(18-25(26)35-30(23,6)7)29(4,5)14-10-8-9-11-15-31;1-24(2,11-7-5-6-8-12-26)18-14-21(28)23-19-13-17(16-27)9-10-20(19)25(3,4)29-22(23)15-18;1-24(2,11-7-5-6-8-12-31-26(29)30)18-14-21(28)23-19-13-17(16-27)9-10-20(19)25(3,4)32-22(23)15-18;1-15(2,7-5-3-4-6-8-16)12-9-13(17)11-14(18)10-12;1-14(2,3)13(17)18-8-9-6-12(16)11-7-10(9)15(11,4)5/h12,17-18,22-23,32H,8-11,13-16,19H2,1-7H3;9,14-15,19-20,27-28H,5-8,10-13,16H2,1-4H3;9,14-15,19-20,27-28H,5-8,10-13,16H2,1-4H3;9-11,17-18H,3-8H2,1-2H3;6,10-12,16H,7-8H2,1-5H3/t22-,23-;2*19-,20-;;10-,11+,12?/m111.0/s1. The van der Waals surface area contributed by atoms with E-state index in [9.17, 15) is 60.6 Å². The minimum Gasteiger partial charge on any atom is -0.508 e. The fourth-order valence-electron chi connectivity index (χ4n) is 21.2. The molecule has 3 aliphatic heterocycles. The van der Waals surface area contributed by atoms with Crippen LogP contribution in [0.1, 0.15) is 382 Å². The summed E-state index contributed by atoms with van der Waals surface area (Å²) in [5.74, 6) is 5.41. The molecule has 740 valence electrons. The number of phenolic OH excluding ortho intramolecular Hbond substituents is 5. The van der Waals surface area contributed by atoms with Crippen molar-refractivity contribution < 1.29 is 84.0 Å². The number of unbranched alkanes of at least 4 members (excludes halogenated alkanes) is 12. The molecule has 4 aromatic carbocycles. The van der Waals surface area contributed by atoms with Crippen molar-refractivity contribution in [1.29, 1.82) is 0 Å². The second kappa shape index (κ2) is 47.4. The number of aliphatic hydroxyl groups excluding tert-OH is 3. The van der Waals surface area contributed by atoms with Gasteiger partial charge in [-0.2, -0.15) is 0 Å². The Labute approximate surface area is 817 Å². The molecule has 1 saturated carbocycles. The molecule has 2 bridgehead atoms. The molecule has 22 heteroatoms. The average Bonchev–Trinajstić information content (AvgIpc) is 0.732. The van der Waals surface area contributed by atoms with E-state index in [0.29, 0.717) is 48.9 Å². The maximum atomic E-state index is 12.3. The van der Waals surface area contributed by atoms with Gasteiger partial charge in [-0.15, -0.1) is 10.1 Å². The SMILES string of the molecule is CC(C)(C)C(=O)OCC1=CC(O)[C@H]2C[C@@H]1C2(C)C.CC(C)(C)C(=O)OCC1=CC[C@@H]2[C@@H](C1)c1c(O)cc(C(C)(C)CCCCCCBr)cc1OC2(C)C.CC(C)(CCCCCCBr)c1cc(O)c2c(c1)OC(C)(C)[C@@H]1CC=C(CO)C[C@@H]21.CC(C)(CCCCCCBr)c1cc(O)cc(O)c1.CC(C)(CCCCCCO[N+](=O)[O-])c1cc(O)c2c(c1)OC(C)(C)[C@@H]1CC=C(CO)C[C@@H]21. The van der Waals surface area contributed by atoms with Gasteiger partial charge in [0.15, 0.2) is 0 Å². The van der Waals surface area contributed by atoms with Crippen molar-refractivity contribution in [3.63, 3.8) is 0 Å². The van der Waals surface area contributed by atoms with E-state index < -0.39 is 15.9 Å². The van der Waals surface area contributed by atoms with Crippen LogP contribution in [0.25, 0.3) is 0 Å². The predicted molar refractivity (Wildman–Crippen MR) is 542 cm³/mol. The largest absolute Gasteiger partial charge is 0.508 e. The third-order valence-electron chi connectivity index (χ3n) is 30.1. The number of benzene rings is 4. The summed E-state index contributed by atoms with van der Waals surface area (Å²) in [4.78, 5) is 38.6. The smallest absolute Gasteiger partial charge is 0.311 e. The molecule has 19 nitrogen and oxygen atoms in total. The molecule has 1 unspecified atom stereocenters. The highest BCUT2D eigenvalue weighted by atomic mass is 79.9. The zero-order valence-corrected chi connectivity index (χ0v) is 88.9. The number of carbonyl (C=O) groups is 2. The molecule has 3 heterocycles. The lowest BCUT2D eigenvalue weighted by atomic mass is 9.48. The Morgan fingerprint density at radius 2 is 0.742 bits per heavy atom. The molecule has 9 atom stereocenters. The van der Waals surface area contributed by atoms with E-state index in [1.165, 1.54) is 83.1 Å². The van der Waals surface area contributed by atoms with E-state index in [1.54, 1.807) is 12.1 Å². The Kier molecular flexibility index (Phi) is 39.8. The van der Waals surface area contributed by atoms with E-state index in [0.717, 1.165) is 184 Å². The van der Waals surface area contributed by atoms with E-state index in [1.807, 2.05) is 65.8 Å². The van der Waals surface area contributed by atoms with Crippen LogP contribution in [0.5, 0.6) is 46.0 Å². The Bertz CT molecular complexity index is 4590. The highest BCUT2D eigenvalue weighted by Gasteiger charge is 2.56. The summed E-state index contributed by atoms with van der Waals surface area (Å²) >= 11 is 10.5. The number of hydrogen-bond donors (Lipinski definition) is 8. The first-order valence-electron chi connectivity index (χ1n) is 49.3. The molecule has 8 N–H and O–H groups in total. The van der Waals surface area contributed by atoms with Gasteiger partial charge in [0, 0.05) is 74.3 Å². The molecule has 4 aromatic rings. The number of phenols is 5. The van der Waals surface area contributed by atoms with Gasteiger partial charge in [0.1, 0.15) is 76.0 Å². The highest BCUT2D eigenvalue weighted by molar-refractivity contribution is 9.09. The fraction of sp³-hybridized carbons (Fsp3) is 0.691. The van der Waals surface area contributed by atoms with Gasteiger partial charge in [0.2, 0.25) is 0 Å². The van der Waals surface area contributed by atoms with Gasteiger partial charge in [-0.25, -0.2) is 0 Å². The molecule has 0 saturated heterocycles. The summed E-state index contributed by atoms with van der Waals surface area (Å²) in [5.41, 5.74) is 9.35. The van der Waals surface area contributed by atoms with E-state index >= 15 is 0 Å². The van der Waals surface area contributed by atoms with Crippen molar-refractivity contribution in [3.05, 3.63) is 150 Å². The van der Waals surface area contributed by atoms with Crippen LogP contribution in [0.2, 0.25) is 0 Å². The number of alkyl halides is 3. The van der Waals surface area contributed by atoms with Gasteiger partial charge in [-0.05, 0) is 311 Å². The molecular weight excluding hydrogens is 1860 g/mol. The maximum Gasteiger partial charge on any atom is 0.311 e. The van der Waals surface area contributed by atoms with Crippen molar-refractivity contribution in [2.24, 2.45) is 45.8 Å². The molecule has 0 aromatic heterocycles. The number of aliphatic hydroxyl groups is 3. The van der Waals surface area contributed by atoms with Crippen LogP contribution in [0.3, 0.4) is 0 Å². The number of aromatic hydroxyl groups is 5. The summed E-state index contributed by atoms with van der Waals surface area (Å²) in [6.45, 7) is 47.1. The fourth-order valence-corrected chi connectivity index (χ4v) is 22.4. The summed E-state index contributed by atoms with van der Waals surface area (Å²) in [6.07, 6.45) is 36.3. The maximum absolute atomic E-state index is 12.3. The van der Waals surface area contributed by atoms with Crippen LogP contribution in [0, 0.1) is 55.9 Å². The van der Waals surface area contributed by atoms with Crippen LogP contribution in [0.15, 0.2) is 101 Å². The second-order valence-corrected chi connectivity index (χ2v) is 48.2. The van der Waals surface area contributed by atoms with Crippen molar-refractivity contribution in [3.8, 4) is 46.0 Å². The topological polar surface area (TPSA) is 294 Å². The molecule has 6 aliphatic carbocycles. The summed E-state index contributed by atoms with van der Waals surface area (Å²) < 4.78 is 30.5. The van der Waals surface area contributed by atoms with Crippen molar-refractivity contribution in [2.75, 3.05) is 49.0 Å². The minimum atomic E-state index is -0.745.